The quantitative estimate of drug-likeness (QED) is 0.411. The van der Waals surface area contributed by atoms with Crippen molar-refractivity contribution in [2.45, 2.75) is 29.9 Å². The van der Waals surface area contributed by atoms with Crippen LogP contribution in [0.2, 0.25) is 0 Å². The van der Waals surface area contributed by atoms with E-state index < -0.39 is 36.6 Å². The van der Waals surface area contributed by atoms with Gasteiger partial charge in [0.1, 0.15) is 24.4 Å². The molecule has 6 nitrogen and oxygen atoms in total. The van der Waals surface area contributed by atoms with Gasteiger partial charge in [0.15, 0.2) is 0 Å². The highest BCUT2D eigenvalue weighted by Gasteiger charge is 2.51. The molecule has 0 radical (unpaired) electrons. The fraction of sp³-hybridized carbons (Fsp3) is 1.00. The van der Waals surface area contributed by atoms with E-state index in [1.165, 1.54) is 0 Å². The average Bonchev–Trinajstić information content (AvgIpc) is 2.20. The summed E-state index contributed by atoms with van der Waals surface area (Å²) in [5.74, 6) is 0. The van der Waals surface area contributed by atoms with E-state index >= 15 is 0 Å². The molecule has 1 fully saturated rings. The minimum absolute atomic E-state index is 0.477. The number of hydrogen-bond donors (Lipinski definition) is 4. The highest BCUT2D eigenvalue weighted by atomic mass is 31.0. The van der Waals surface area contributed by atoms with Gasteiger partial charge in [-0.15, -0.1) is 0 Å². The molecule has 0 aromatic rings. The van der Waals surface area contributed by atoms with Crippen molar-refractivity contribution in [2.75, 3.05) is 6.61 Å². The summed E-state index contributed by atoms with van der Waals surface area (Å²) < 4.78 is 9.84. The maximum Gasteiger partial charge on any atom is 0.213 e. The van der Waals surface area contributed by atoms with Gasteiger partial charge in [0.25, 0.3) is 0 Å². The summed E-state index contributed by atoms with van der Waals surface area (Å²) in [6.45, 7) is -0.477. The van der Waals surface area contributed by atoms with E-state index in [0.29, 0.717) is 0 Å². The van der Waals surface area contributed by atoms with E-state index in [2.05, 4.69) is 9.24 Å². The van der Waals surface area contributed by atoms with E-state index in [4.69, 9.17) is 14.4 Å². The van der Waals surface area contributed by atoms with E-state index in [-0.39, 0.29) is 0 Å². The Kier molecular flexibility index (Phi) is 4.21. The van der Waals surface area contributed by atoms with E-state index in [0.717, 1.165) is 0 Å². The number of hydrogen-bond acceptors (Lipinski definition) is 6. The average molecular weight is 244 g/mol. The number of ether oxygens (including phenoxy) is 1. The first-order valence-corrected chi connectivity index (χ1v) is 5.00. The van der Waals surface area contributed by atoms with Gasteiger partial charge in [-0.25, -0.2) is 0 Å². The van der Waals surface area contributed by atoms with Crippen LogP contribution in [-0.2, 0) is 9.26 Å². The van der Waals surface area contributed by atoms with Crippen LogP contribution in [0.4, 0.5) is 0 Å². The van der Waals surface area contributed by atoms with Gasteiger partial charge in [0.05, 0.1) is 6.61 Å². The number of aliphatic hydroxyl groups is 4. The second kappa shape index (κ2) is 4.64. The Labute approximate surface area is 85.7 Å². The molecule has 0 aromatic carbocycles. The zero-order valence-corrected chi connectivity index (χ0v) is 9.59. The summed E-state index contributed by atoms with van der Waals surface area (Å²) >= 11 is 0. The summed E-state index contributed by atoms with van der Waals surface area (Å²) in [5, 5.41) is 37.1. The molecule has 0 aromatic heterocycles. The molecule has 1 heterocycles. The molecule has 2 unspecified atom stereocenters. The van der Waals surface area contributed by atoms with Gasteiger partial charge in [-0.05, 0) is 0 Å². The topological polar surface area (TPSA) is 99.4 Å². The molecule has 14 heavy (non-hydrogen) atoms. The molecule has 4 N–H and O–H groups in total. The van der Waals surface area contributed by atoms with Crippen LogP contribution < -0.4 is 0 Å². The molecule has 1 aliphatic heterocycles. The van der Waals surface area contributed by atoms with Crippen molar-refractivity contribution in [2.24, 2.45) is 0 Å². The monoisotopic (exact) mass is 244 g/mol. The molecule has 1 rings (SSSR count). The first kappa shape index (κ1) is 12.7. The molecule has 1 aliphatic rings. The second-order valence-electron chi connectivity index (χ2n) is 3.10. The smallest absolute Gasteiger partial charge is 0.213 e. The molecule has 8 heteroatoms. The summed E-state index contributed by atoms with van der Waals surface area (Å²) in [4.78, 5) is 0. The number of aliphatic hydroxyl groups excluding tert-OH is 4. The molecule has 84 valence electrons. The Hall–Kier alpha value is 0.620. The van der Waals surface area contributed by atoms with Crippen molar-refractivity contribution >= 4 is 18.7 Å². The van der Waals surface area contributed by atoms with Gasteiger partial charge in [-0.3, -0.25) is 0 Å². The van der Waals surface area contributed by atoms with Crippen molar-refractivity contribution in [3.63, 3.8) is 0 Å². The highest BCUT2D eigenvalue weighted by molar-refractivity contribution is 7.20. The summed E-state index contributed by atoms with van der Waals surface area (Å²) in [6.07, 6.45) is -5.18. The van der Waals surface area contributed by atoms with Crippen molar-refractivity contribution < 1.29 is 29.7 Å². The van der Waals surface area contributed by atoms with Gasteiger partial charge < -0.3 is 29.7 Å². The van der Waals surface area contributed by atoms with Crippen molar-refractivity contribution in [1.82, 2.24) is 0 Å². The maximum atomic E-state index is 9.50. The lowest BCUT2D eigenvalue weighted by Crippen LogP contribution is -2.62. The first-order chi connectivity index (χ1) is 6.46. The van der Waals surface area contributed by atoms with Crippen molar-refractivity contribution in [3.05, 3.63) is 0 Å². The van der Waals surface area contributed by atoms with Crippen LogP contribution in [0.25, 0.3) is 0 Å². The standard InChI is InChI=1S/C6H14O6P2/c7-1-2-3(8)4(9)5(10)6(13,11-2)12-14/h2-5,7-10H,1,13-14H2/t2-,3-,4+,5-,6+/m1/s1. The third kappa shape index (κ3) is 2.08. The third-order valence-corrected chi connectivity index (χ3v) is 3.42. The molecule has 1 saturated heterocycles. The van der Waals surface area contributed by atoms with E-state index in [1.54, 1.807) is 0 Å². The van der Waals surface area contributed by atoms with Crippen LogP contribution in [0, 0.1) is 0 Å². The van der Waals surface area contributed by atoms with Crippen molar-refractivity contribution in [1.29, 1.82) is 0 Å². The SMILES string of the molecule is OC[C@H]1O[C@](P)(OP)[C@H](O)[C@@H](O)[C@@H]1O. The lowest BCUT2D eigenvalue weighted by Gasteiger charge is -2.45. The van der Waals surface area contributed by atoms with E-state index in [9.17, 15) is 15.3 Å². The Morgan fingerprint density at radius 1 is 1.29 bits per heavy atom. The second-order valence-corrected chi connectivity index (χ2v) is 4.14. The normalized spacial score (nSPS) is 49.3. The predicted octanol–water partition coefficient (Wildman–Crippen LogP) is -2.20. The van der Waals surface area contributed by atoms with Crippen LogP contribution in [0.15, 0.2) is 0 Å². The minimum Gasteiger partial charge on any atom is -0.394 e. The Morgan fingerprint density at radius 3 is 2.29 bits per heavy atom. The van der Waals surface area contributed by atoms with Crippen LogP contribution in [0.1, 0.15) is 0 Å². The Balaban J connectivity index is 2.84. The summed E-state index contributed by atoms with van der Waals surface area (Å²) in [7, 11) is 3.96. The van der Waals surface area contributed by atoms with Gasteiger partial charge in [0.2, 0.25) is 5.53 Å². The highest BCUT2D eigenvalue weighted by Crippen LogP contribution is 2.37. The molecule has 0 bridgehead atoms. The molecule has 0 amide bonds. The Morgan fingerprint density at radius 2 is 1.86 bits per heavy atom. The predicted molar refractivity (Wildman–Crippen MR) is 53.2 cm³/mol. The van der Waals surface area contributed by atoms with Gasteiger partial charge >= 0.3 is 0 Å². The van der Waals surface area contributed by atoms with Crippen LogP contribution >= 0.6 is 18.7 Å². The maximum absolute atomic E-state index is 9.50. The molecular formula is C6H14O6P2. The summed E-state index contributed by atoms with van der Waals surface area (Å²) in [6, 6.07) is 0. The minimum atomic E-state index is -1.53. The number of rotatable bonds is 2. The zero-order valence-electron chi connectivity index (χ0n) is 7.28. The van der Waals surface area contributed by atoms with Crippen LogP contribution in [-0.4, -0.2) is 57.0 Å². The largest absolute Gasteiger partial charge is 0.394 e. The Bertz CT molecular complexity index is 203. The first-order valence-electron chi connectivity index (χ1n) is 3.96. The summed E-state index contributed by atoms with van der Waals surface area (Å²) in [5.41, 5.74) is -1.53. The molecule has 0 spiro atoms. The van der Waals surface area contributed by atoms with Gasteiger partial charge in [0, 0.05) is 9.47 Å². The fourth-order valence-electron chi connectivity index (χ4n) is 1.26. The van der Waals surface area contributed by atoms with Gasteiger partial charge in [-0.1, -0.05) is 9.24 Å². The zero-order chi connectivity index (χ0) is 10.9. The van der Waals surface area contributed by atoms with Crippen molar-refractivity contribution in [3.8, 4) is 0 Å². The van der Waals surface area contributed by atoms with E-state index in [1.807, 2.05) is 9.47 Å². The van der Waals surface area contributed by atoms with Crippen LogP contribution in [0.5, 0.6) is 0 Å². The fourth-order valence-corrected chi connectivity index (χ4v) is 1.83. The third-order valence-electron chi connectivity index (χ3n) is 2.17. The molecular weight excluding hydrogens is 230 g/mol. The van der Waals surface area contributed by atoms with Crippen LogP contribution in [0.3, 0.4) is 0 Å². The lowest BCUT2D eigenvalue weighted by molar-refractivity contribution is -0.293. The van der Waals surface area contributed by atoms with Gasteiger partial charge in [-0.2, -0.15) is 0 Å². The molecule has 7 atom stereocenters. The molecule has 0 aliphatic carbocycles. The molecule has 0 saturated carbocycles. The lowest BCUT2D eigenvalue weighted by atomic mass is 9.99.